The van der Waals surface area contributed by atoms with Gasteiger partial charge in [0.2, 0.25) is 0 Å². The Morgan fingerprint density at radius 3 is 2.75 bits per heavy atom. The number of allylic oxidation sites excluding steroid dienone is 2. The van der Waals surface area contributed by atoms with Crippen molar-refractivity contribution in [3.63, 3.8) is 0 Å². The Balaban J connectivity index is 1.59. The lowest BCUT2D eigenvalue weighted by molar-refractivity contribution is 0.0270. The van der Waals surface area contributed by atoms with Crippen LogP contribution in [-0.4, -0.2) is 79.3 Å². The van der Waals surface area contributed by atoms with Crippen molar-refractivity contribution in [3.8, 4) is 0 Å². The number of piperidine rings is 1. The van der Waals surface area contributed by atoms with Gasteiger partial charge in [-0.2, -0.15) is 0 Å². The van der Waals surface area contributed by atoms with Crippen LogP contribution in [-0.2, 0) is 20.5 Å². The van der Waals surface area contributed by atoms with Crippen molar-refractivity contribution in [1.82, 2.24) is 18.8 Å². The molecule has 2 aliphatic heterocycles. The number of ether oxygens (including phenoxy) is 2. The van der Waals surface area contributed by atoms with E-state index in [0.29, 0.717) is 19.5 Å². The van der Waals surface area contributed by atoms with E-state index in [-0.39, 0.29) is 17.4 Å². The SMILES string of the molecule is C/C=C\C/C(=C\C(C)S(=O)n1cc(C2=CCN(C(=O)OC(C)(C)C)CC2)c2ncccc21)N1CCCC(OC)C1. The molecule has 0 bridgehead atoms. The molecule has 9 heteroatoms. The number of hydrogen-bond acceptors (Lipinski definition) is 6. The first-order chi connectivity index (χ1) is 19.1. The first-order valence-corrected chi connectivity index (χ1v) is 15.4. The summed E-state index contributed by atoms with van der Waals surface area (Å²) >= 11 is 0. The largest absolute Gasteiger partial charge is 0.444 e. The number of hydrogen-bond donors (Lipinski definition) is 0. The number of amides is 1. The molecular formula is C31H44N4O4S. The fourth-order valence-corrected chi connectivity index (χ4v) is 6.44. The highest BCUT2D eigenvalue weighted by Crippen LogP contribution is 2.31. The van der Waals surface area contributed by atoms with Gasteiger partial charge in [0.1, 0.15) is 16.6 Å². The summed E-state index contributed by atoms with van der Waals surface area (Å²) in [6, 6.07) is 3.86. The highest BCUT2D eigenvalue weighted by Gasteiger charge is 2.27. The fraction of sp³-hybridized carbons (Fsp3) is 0.548. The molecule has 0 spiro atoms. The normalized spacial score (nSPS) is 20.6. The number of fused-ring (bicyclic) bond motifs is 1. The van der Waals surface area contributed by atoms with Crippen LogP contribution in [0.1, 0.15) is 65.9 Å². The highest BCUT2D eigenvalue weighted by molar-refractivity contribution is 7.84. The van der Waals surface area contributed by atoms with Gasteiger partial charge in [-0.05, 0) is 77.7 Å². The number of methoxy groups -OCH3 is 1. The number of aromatic nitrogens is 2. The average Bonchev–Trinajstić information content (AvgIpc) is 3.33. The zero-order valence-corrected chi connectivity index (χ0v) is 25.6. The van der Waals surface area contributed by atoms with E-state index in [9.17, 15) is 9.00 Å². The minimum absolute atomic E-state index is 0.213. The van der Waals surface area contributed by atoms with E-state index >= 15 is 0 Å². The van der Waals surface area contributed by atoms with Crippen molar-refractivity contribution in [2.24, 2.45) is 0 Å². The molecule has 2 aromatic heterocycles. The molecule has 218 valence electrons. The molecule has 3 atom stereocenters. The fourth-order valence-electron chi connectivity index (χ4n) is 5.26. The zero-order chi connectivity index (χ0) is 28.9. The number of carbonyl (C=O) groups is 1. The van der Waals surface area contributed by atoms with E-state index < -0.39 is 16.6 Å². The number of pyridine rings is 1. The van der Waals surface area contributed by atoms with Crippen molar-refractivity contribution < 1.29 is 18.5 Å². The lowest BCUT2D eigenvalue weighted by Gasteiger charge is -2.35. The summed E-state index contributed by atoms with van der Waals surface area (Å²) in [7, 11) is 0.432. The third-order valence-electron chi connectivity index (χ3n) is 7.35. The Morgan fingerprint density at radius 2 is 2.08 bits per heavy atom. The van der Waals surface area contributed by atoms with Gasteiger partial charge in [0.15, 0.2) is 0 Å². The quantitative estimate of drug-likeness (QED) is 0.368. The van der Waals surface area contributed by atoms with Gasteiger partial charge in [0.25, 0.3) is 0 Å². The molecule has 1 amide bonds. The van der Waals surface area contributed by atoms with Gasteiger partial charge < -0.3 is 19.3 Å². The number of rotatable bonds is 8. The minimum atomic E-state index is -1.35. The van der Waals surface area contributed by atoms with Gasteiger partial charge in [-0.3, -0.25) is 8.96 Å². The summed E-state index contributed by atoms with van der Waals surface area (Å²) in [5.74, 6) is 0. The van der Waals surface area contributed by atoms with Crippen molar-refractivity contribution in [2.75, 3.05) is 33.3 Å². The van der Waals surface area contributed by atoms with Crippen LogP contribution in [0.4, 0.5) is 4.79 Å². The molecule has 8 nitrogen and oxygen atoms in total. The third kappa shape index (κ3) is 7.23. The third-order valence-corrected chi connectivity index (χ3v) is 8.81. The lowest BCUT2D eigenvalue weighted by Crippen LogP contribution is -2.39. The smallest absolute Gasteiger partial charge is 0.410 e. The Bertz CT molecular complexity index is 1310. The average molecular weight is 569 g/mol. The van der Waals surface area contributed by atoms with Crippen LogP contribution in [0.3, 0.4) is 0 Å². The summed E-state index contributed by atoms with van der Waals surface area (Å²) in [4.78, 5) is 21.3. The molecular weight excluding hydrogens is 524 g/mol. The van der Waals surface area contributed by atoms with Gasteiger partial charge in [0, 0.05) is 63.4 Å². The molecule has 2 aromatic rings. The van der Waals surface area contributed by atoms with Crippen LogP contribution in [0.2, 0.25) is 0 Å². The molecule has 0 aromatic carbocycles. The standard InChI is InChI=1S/C31H44N4O4S/c1-7-8-11-25(34-17-10-12-26(21-34)38-6)20-23(2)40(37)35-22-27(29-28(35)13-9-16-32-29)24-14-18-33(19-15-24)30(36)39-31(3,4)5/h7-9,13-14,16,20,22-23,26H,10-12,15,17-19,21H2,1-6H3/b8-7-,25-20+. The molecule has 1 fully saturated rings. The maximum atomic E-state index is 14.0. The van der Waals surface area contributed by atoms with Crippen LogP contribution in [0, 0.1) is 0 Å². The zero-order valence-electron chi connectivity index (χ0n) is 24.8. The first-order valence-electron chi connectivity index (χ1n) is 14.2. The molecule has 4 rings (SSSR count). The van der Waals surface area contributed by atoms with E-state index in [1.54, 1.807) is 18.2 Å². The Kier molecular flexibility index (Phi) is 9.90. The molecule has 4 heterocycles. The molecule has 0 N–H and O–H groups in total. The second-order valence-corrected chi connectivity index (χ2v) is 13.2. The van der Waals surface area contributed by atoms with Crippen molar-refractivity contribution in [3.05, 3.63) is 60.1 Å². The molecule has 1 saturated heterocycles. The minimum Gasteiger partial charge on any atom is -0.444 e. The van der Waals surface area contributed by atoms with Crippen LogP contribution >= 0.6 is 0 Å². The second kappa shape index (κ2) is 13.2. The predicted molar refractivity (Wildman–Crippen MR) is 162 cm³/mol. The van der Waals surface area contributed by atoms with Crippen molar-refractivity contribution in [2.45, 2.75) is 77.3 Å². The van der Waals surface area contributed by atoms with Crippen molar-refractivity contribution >= 4 is 33.7 Å². The molecule has 3 unspecified atom stereocenters. The van der Waals surface area contributed by atoms with E-state index in [4.69, 9.17) is 9.47 Å². The van der Waals surface area contributed by atoms with Crippen LogP contribution < -0.4 is 0 Å². The van der Waals surface area contributed by atoms with E-state index in [0.717, 1.165) is 54.5 Å². The topological polar surface area (TPSA) is 76.9 Å². The lowest BCUT2D eigenvalue weighted by atomic mass is 10.0. The Hall–Kier alpha value is -2.91. The van der Waals surface area contributed by atoms with E-state index in [1.165, 1.54) is 5.70 Å². The number of nitrogens with zero attached hydrogens (tertiary/aromatic N) is 4. The number of carbonyl (C=O) groups excluding carboxylic acids is 1. The maximum absolute atomic E-state index is 14.0. The monoisotopic (exact) mass is 568 g/mol. The molecule has 0 radical (unpaired) electrons. The van der Waals surface area contributed by atoms with Gasteiger partial charge in [0.05, 0.1) is 22.4 Å². The summed E-state index contributed by atoms with van der Waals surface area (Å²) < 4.78 is 27.1. The van der Waals surface area contributed by atoms with Gasteiger partial charge in [-0.25, -0.2) is 9.00 Å². The molecule has 0 saturated carbocycles. The van der Waals surface area contributed by atoms with Crippen LogP contribution in [0.15, 0.2) is 54.5 Å². The van der Waals surface area contributed by atoms with E-state index in [1.807, 2.05) is 56.9 Å². The first kappa shape index (κ1) is 30.1. The Labute approximate surface area is 241 Å². The summed E-state index contributed by atoms with van der Waals surface area (Å²) in [5, 5.41) is -0.213. The summed E-state index contributed by atoms with van der Waals surface area (Å²) in [6.07, 6.45) is 15.7. The van der Waals surface area contributed by atoms with E-state index in [2.05, 4.69) is 34.2 Å². The Morgan fingerprint density at radius 1 is 1.27 bits per heavy atom. The van der Waals surface area contributed by atoms with Gasteiger partial charge in [-0.15, -0.1) is 0 Å². The van der Waals surface area contributed by atoms with Crippen LogP contribution in [0.5, 0.6) is 0 Å². The molecule has 2 aliphatic rings. The van der Waals surface area contributed by atoms with Gasteiger partial charge in [-0.1, -0.05) is 18.2 Å². The number of likely N-dealkylation sites (tertiary alicyclic amines) is 1. The highest BCUT2D eigenvalue weighted by atomic mass is 32.2. The summed E-state index contributed by atoms with van der Waals surface area (Å²) in [5.41, 5.74) is 4.41. The second-order valence-electron chi connectivity index (χ2n) is 11.5. The van der Waals surface area contributed by atoms with Gasteiger partial charge >= 0.3 is 6.09 Å². The predicted octanol–water partition coefficient (Wildman–Crippen LogP) is 5.92. The molecule has 0 aliphatic carbocycles. The van der Waals surface area contributed by atoms with Crippen LogP contribution in [0.25, 0.3) is 16.6 Å². The molecule has 40 heavy (non-hydrogen) atoms. The van der Waals surface area contributed by atoms with Crippen molar-refractivity contribution in [1.29, 1.82) is 0 Å². The maximum Gasteiger partial charge on any atom is 0.410 e. The summed E-state index contributed by atoms with van der Waals surface area (Å²) in [6.45, 7) is 12.5.